The number of hydrogen-bond acceptors (Lipinski definition) is 3. The minimum atomic E-state index is -0.234. The van der Waals surface area contributed by atoms with Crippen molar-refractivity contribution in [1.29, 1.82) is 5.41 Å². The van der Waals surface area contributed by atoms with Crippen molar-refractivity contribution in [2.24, 2.45) is 0 Å². The minimum Gasteiger partial charge on any atom is -0.456 e. The van der Waals surface area contributed by atoms with E-state index in [0.717, 1.165) is 6.21 Å². The third-order valence-electron chi connectivity index (χ3n) is 1.10. The standard InChI is InChI=1S/C5H7NO2.C2H6/c6-3-4-1-2-5(7)8-4;1-2/h3-4,6H,1-2H2;1-2H3. The van der Waals surface area contributed by atoms with E-state index in [4.69, 9.17) is 5.41 Å². The van der Waals surface area contributed by atoms with Crippen LogP contribution in [0.25, 0.3) is 0 Å². The van der Waals surface area contributed by atoms with Crippen molar-refractivity contribution >= 4 is 12.2 Å². The predicted octanol–water partition coefficient (Wildman–Crippen LogP) is 1.37. The van der Waals surface area contributed by atoms with Crippen LogP contribution >= 0.6 is 0 Å². The maximum Gasteiger partial charge on any atom is 0.306 e. The molecule has 1 aliphatic heterocycles. The average molecular weight is 143 g/mol. The zero-order valence-electron chi connectivity index (χ0n) is 6.39. The van der Waals surface area contributed by atoms with Crippen molar-refractivity contribution in [2.45, 2.75) is 32.8 Å². The zero-order chi connectivity index (χ0) is 7.98. The maximum atomic E-state index is 10.3. The first-order valence-electron chi connectivity index (χ1n) is 3.53. The Balaban J connectivity index is 0.000000371. The summed E-state index contributed by atoms with van der Waals surface area (Å²) in [5, 5.41) is 6.69. The summed E-state index contributed by atoms with van der Waals surface area (Å²) in [4.78, 5) is 10.3. The van der Waals surface area contributed by atoms with Crippen molar-refractivity contribution in [3.05, 3.63) is 0 Å². The van der Waals surface area contributed by atoms with Gasteiger partial charge in [-0.05, 0) is 6.42 Å². The third kappa shape index (κ3) is 2.62. The van der Waals surface area contributed by atoms with Crippen LogP contribution in [0.5, 0.6) is 0 Å². The fourth-order valence-electron chi connectivity index (χ4n) is 0.664. The number of cyclic esters (lactones) is 1. The van der Waals surface area contributed by atoms with Crippen LogP contribution in [0.3, 0.4) is 0 Å². The molecule has 1 fully saturated rings. The van der Waals surface area contributed by atoms with Crippen LogP contribution in [0.15, 0.2) is 0 Å². The molecule has 0 saturated carbocycles. The van der Waals surface area contributed by atoms with Gasteiger partial charge in [0.05, 0.1) is 0 Å². The number of rotatable bonds is 1. The molecule has 1 N–H and O–H groups in total. The Morgan fingerprint density at radius 2 is 2.30 bits per heavy atom. The van der Waals surface area contributed by atoms with Crippen molar-refractivity contribution in [3.63, 3.8) is 0 Å². The Morgan fingerprint density at radius 3 is 2.50 bits per heavy atom. The number of ether oxygens (including phenoxy) is 1. The molecule has 1 heterocycles. The van der Waals surface area contributed by atoms with Gasteiger partial charge in [0.2, 0.25) is 0 Å². The summed E-state index contributed by atoms with van der Waals surface area (Å²) in [7, 11) is 0. The summed E-state index contributed by atoms with van der Waals surface area (Å²) in [6.45, 7) is 4.00. The third-order valence-corrected chi connectivity index (χ3v) is 1.10. The highest BCUT2D eigenvalue weighted by atomic mass is 16.5. The summed E-state index contributed by atoms with van der Waals surface area (Å²) in [5.41, 5.74) is 0. The summed E-state index contributed by atoms with van der Waals surface area (Å²) >= 11 is 0. The van der Waals surface area contributed by atoms with E-state index in [9.17, 15) is 4.79 Å². The highest BCUT2D eigenvalue weighted by Crippen LogP contribution is 2.10. The Bertz CT molecular complexity index is 123. The molecule has 0 aliphatic carbocycles. The topological polar surface area (TPSA) is 50.2 Å². The van der Waals surface area contributed by atoms with E-state index in [1.54, 1.807) is 0 Å². The smallest absolute Gasteiger partial charge is 0.306 e. The molecule has 1 rings (SSSR count). The quantitative estimate of drug-likeness (QED) is 0.445. The van der Waals surface area contributed by atoms with E-state index in [0.29, 0.717) is 12.8 Å². The molecular weight excluding hydrogens is 130 g/mol. The summed E-state index contributed by atoms with van der Waals surface area (Å²) < 4.78 is 4.63. The first kappa shape index (κ1) is 9.14. The van der Waals surface area contributed by atoms with Crippen LogP contribution in [0, 0.1) is 5.41 Å². The maximum absolute atomic E-state index is 10.3. The summed E-state index contributed by atoms with van der Waals surface area (Å²) in [5.74, 6) is -0.182. The molecule has 58 valence electrons. The largest absolute Gasteiger partial charge is 0.456 e. The lowest BCUT2D eigenvalue weighted by Crippen LogP contribution is -2.06. The van der Waals surface area contributed by atoms with Gasteiger partial charge >= 0.3 is 5.97 Å². The molecule has 1 saturated heterocycles. The second-order valence-electron chi connectivity index (χ2n) is 1.73. The molecule has 3 heteroatoms. The molecular formula is C7H13NO2. The molecule has 0 amide bonds. The highest BCUT2D eigenvalue weighted by molar-refractivity contribution is 5.76. The van der Waals surface area contributed by atoms with Gasteiger partial charge in [-0.25, -0.2) is 0 Å². The minimum absolute atomic E-state index is 0.182. The van der Waals surface area contributed by atoms with Gasteiger partial charge in [0.15, 0.2) is 0 Å². The molecule has 3 nitrogen and oxygen atoms in total. The molecule has 1 unspecified atom stereocenters. The number of carbonyl (C=O) groups excluding carboxylic acids is 1. The Kier molecular flexibility index (Phi) is 4.54. The lowest BCUT2D eigenvalue weighted by atomic mass is 10.2. The van der Waals surface area contributed by atoms with Crippen molar-refractivity contribution in [1.82, 2.24) is 0 Å². The van der Waals surface area contributed by atoms with Crippen molar-refractivity contribution in [3.8, 4) is 0 Å². The van der Waals surface area contributed by atoms with Crippen LogP contribution < -0.4 is 0 Å². The molecule has 0 aromatic rings. The number of esters is 1. The molecule has 1 aliphatic rings. The Labute approximate surface area is 60.9 Å². The molecule has 0 aromatic heterocycles. The van der Waals surface area contributed by atoms with Crippen LogP contribution in [0.2, 0.25) is 0 Å². The normalized spacial score (nSPS) is 22.6. The monoisotopic (exact) mass is 143 g/mol. The number of hydrogen-bond donors (Lipinski definition) is 1. The van der Waals surface area contributed by atoms with Crippen LogP contribution in [0.1, 0.15) is 26.7 Å². The first-order chi connectivity index (χ1) is 4.83. The molecule has 0 radical (unpaired) electrons. The van der Waals surface area contributed by atoms with Gasteiger partial charge in [0.25, 0.3) is 0 Å². The molecule has 10 heavy (non-hydrogen) atoms. The van der Waals surface area contributed by atoms with Gasteiger partial charge in [-0.3, -0.25) is 4.79 Å². The zero-order valence-corrected chi connectivity index (χ0v) is 6.39. The van der Waals surface area contributed by atoms with Gasteiger partial charge in [-0.1, -0.05) is 13.8 Å². The second-order valence-corrected chi connectivity index (χ2v) is 1.73. The van der Waals surface area contributed by atoms with Gasteiger partial charge in [0.1, 0.15) is 6.10 Å². The predicted molar refractivity (Wildman–Crippen MR) is 39.2 cm³/mol. The second kappa shape index (κ2) is 4.97. The van der Waals surface area contributed by atoms with E-state index in [1.807, 2.05) is 13.8 Å². The van der Waals surface area contributed by atoms with Crippen LogP contribution in [-0.2, 0) is 9.53 Å². The van der Waals surface area contributed by atoms with Crippen molar-refractivity contribution in [2.75, 3.05) is 0 Å². The fourth-order valence-corrected chi connectivity index (χ4v) is 0.664. The van der Waals surface area contributed by atoms with E-state index in [1.165, 1.54) is 0 Å². The van der Waals surface area contributed by atoms with Gasteiger partial charge < -0.3 is 10.1 Å². The van der Waals surface area contributed by atoms with E-state index >= 15 is 0 Å². The van der Waals surface area contributed by atoms with E-state index < -0.39 is 0 Å². The lowest BCUT2D eigenvalue weighted by Gasteiger charge is -1.96. The molecule has 0 aromatic carbocycles. The van der Waals surface area contributed by atoms with Crippen LogP contribution in [0.4, 0.5) is 0 Å². The van der Waals surface area contributed by atoms with E-state index in [-0.39, 0.29) is 12.1 Å². The molecule has 1 atom stereocenters. The van der Waals surface area contributed by atoms with Crippen LogP contribution in [-0.4, -0.2) is 18.3 Å². The van der Waals surface area contributed by atoms with Gasteiger partial charge in [0, 0.05) is 12.6 Å². The van der Waals surface area contributed by atoms with E-state index in [2.05, 4.69) is 4.74 Å². The Morgan fingerprint density at radius 1 is 1.70 bits per heavy atom. The average Bonchev–Trinajstić information content (AvgIpc) is 2.40. The van der Waals surface area contributed by atoms with Gasteiger partial charge in [-0.15, -0.1) is 0 Å². The fraction of sp³-hybridized carbons (Fsp3) is 0.714. The molecule has 0 bridgehead atoms. The summed E-state index contributed by atoms with van der Waals surface area (Å²) in [6.07, 6.45) is 2.08. The molecule has 0 spiro atoms. The number of nitrogens with one attached hydrogen (secondary N) is 1. The summed E-state index contributed by atoms with van der Waals surface area (Å²) in [6, 6.07) is 0. The number of carbonyl (C=O) groups is 1. The lowest BCUT2D eigenvalue weighted by molar-refractivity contribution is -0.139. The highest BCUT2D eigenvalue weighted by Gasteiger charge is 2.20. The Hall–Kier alpha value is -0.860. The van der Waals surface area contributed by atoms with Gasteiger partial charge in [-0.2, -0.15) is 0 Å². The SMILES string of the molecule is CC.N=CC1CCC(=O)O1. The van der Waals surface area contributed by atoms with Crippen molar-refractivity contribution < 1.29 is 9.53 Å². The first-order valence-corrected chi connectivity index (χ1v) is 3.53.